The van der Waals surface area contributed by atoms with Crippen molar-refractivity contribution in [3.8, 4) is 0 Å². The van der Waals surface area contributed by atoms with E-state index >= 15 is 0 Å². The van der Waals surface area contributed by atoms with Crippen LogP contribution in [0.1, 0.15) is 33.1 Å². The van der Waals surface area contributed by atoms with E-state index in [1.165, 1.54) is 0 Å². The standard InChI is InChI=1S/C17H31N5O6S/c1-4-9(2)14(16(26)21-11(17(27)28)7-12(19)23)22-13(24)8-20-15(25)10(18)5-6-29-3/h9-11,14H,4-8,18H2,1-3H3,(H2,19,23)(H,20,25)(H,21,26)(H,22,24)(H,27,28). The molecule has 0 aliphatic heterocycles. The van der Waals surface area contributed by atoms with Gasteiger partial charge in [0.25, 0.3) is 0 Å². The van der Waals surface area contributed by atoms with Gasteiger partial charge in [0.15, 0.2) is 0 Å². The molecule has 0 radical (unpaired) electrons. The summed E-state index contributed by atoms with van der Waals surface area (Å²) in [6, 6.07) is -3.30. The molecule has 29 heavy (non-hydrogen) atoms. The Morgan fingerprint density at radius 3 is 2.21 bits per heavy atom. The first-order valence-electron chi connectivity index (χ1n) is 9.16. The highest BCUT2D eigenvalue weighted by Gasteiger charge is 2.30. The van der Waals surface area contributed by atoms with Gasteiger partial charge in [-0.15, -0.1) is 0 Å². The van der Waals surface area contributed by atoms with Gasteiger partial charge >= 0.3 is 5.97 Å². The number of carboxylic acid groups (broad SMARTS) is 1. The second-order valence-electron chi connectivity index (χ2n) is 6.61. The number of thioether (sulfide) groups is 1. The van der Waals surface area contributed by atoms with Crippen LogP contribution < -0.4 is 27.4 Å². The normalized spacial score (nSPS) is 14.8. The smallest absolute Gasteiger partial charge is 0.326 e. The van der Waals surface area contributed by atoms with Gasteiger partial charge in [-0.25, -0.2) is 4.79 Å². The maximum Gasteiger partial charge on any atom is 0.326 e. The summed E-state index contributed by atoms with van der Waals surface area (Å²) >= 11 is 1.54. The number of amides is 4. The molecule has 0 fully saturated rings. The van der Waals surface area contributed by atoms with Crippen molar-refractivity contribution in [2.75, 3.05) is 18.6 Å². The highest BCUT2D eigenvalue weighted by Crippen LogP contribution is 2.09. The third-order valence-electron chi connectivity index (χ3n) is 4.22. The fourth-order valence-corrected chi connectivity index (χ4v) is 2.75. The molecule has 0 aromatic rings. The van der Waals surface area contributed by atoms with Crippen molar-refractivity contribution in [2.24, 2.45) is 17.4 Å². The van der Waals surface area contributed by atoms with Crippen LogP contribution in [0.15, 0.2) is 0 Å². The molecule has 4 amide bonds. The van der Waals surface area contributed by atoms with Gasteiger partial charge in [0.1, 0.15) is 12.1 Å². The lowest BCUT2D eigenvalue weighted by molar-refractivity contribution is -0.144. The fraction of sp³-hybridized carbons (Fsp3) is 0.706. The number of hydrogen-bond donors (Lipinski definition) is 6. The van der Waals surface area contributed by atoms with E-state index in [-0.39, 0.29) is 12.5 Å². The van der Waals surface area contributed by atoms with E-state index < -0.39 is 54.1 Å². The van der Waals surface area contributed by atoms with Crippen molar-refractivity contribution in [2.45, 2.75) is 51.2 Å². The number of carbonyl (C=O) groups excluding carboxylic acids is 4. The summed E-state index contributed by atoms with van der Waals surface area (Å²) in [5, 5.41) is 16.2. The van der Waals surface area contributed by atoms with E-state index in [0.29, 0.717) is 18.6 Å². The Balaban J connectivity index is 4.91. The molecule has 0 rings (SSSR count). The van der Waals surface area contributed by atoms with Crippen molar-refractivity contribution in [3.63, 3.8) is 0 Å². The molecular formula is C17H31N5O6S. The molecule has 0 aliphatic carbocycles. The number of aliphatic carboxylic acids is 1. The Labute approximate surface area is 174 Å². The molecular weight excluding hydrogens is 402 g/mol. The predicted octanol–water partition coefficient (Wildman–Crippen LogP) is -1.84. The van der Waals surface area contributed by atoms with Gasteiger partial charge in [-0.2, -0.15) is 11.8 Å². The van der Waals surface area contributed by atoms with Gasteiger partial charge in [0, 0.05) is 0 Å². The van der Waals surface area contributed by atoms with Crippen LogP contribution in [0.2, 0.25) is 0 Å². The van der Waals surface area contributed by atoms with Crippen LogP contribution in [0.3, 0.4) is 0 Å². The summed E-state index contributed by atoms with van der Waals surface area (Å²) in [7, 11) is 0. The number of primary amides is 1. The lowest BCUT2D eigenvalue weighted by atomic mass is 9.97. The highest BCUT2D eigenvalue weighted by molar-refractivity contribution is 7.98. The van der Waals surface area contributed by atoms with E-state index in [1.54, 1.807) is 25.6 Å². The zero-order chi connectivity index (χ0) is 22.6. The van der Waals surface area contributed by atoms with Gasteiger partial charge in [-0.3, -0.25) is 19.2 Å². The first-order valence-corrected chi connectivity index (χ1v) is 10.6. The molecule has 0 aliphatic rings. The van der Waals surface area contributed by atoms with Crippen LogP contribution in [-0.2, 0) is 24.0 Å². The SMILES string of the molecule is CCC(C)C(NC(=O)CNC(=O)C(N)CCSC)C(=O)NC(CC(N)=O)C(=O)O. The largest absolute Gasteiger partial charge is 0.480 e. The Bertz CT molecular complexity index is 603. The quantitative estimate of drug-likeness (QED) is 0.184. The lowest BCUT2D eigenvalue weighted by Gasteiger charge is -2.25. The van der Waals surface area contributed by atoms with Crippen LogP contribution >= 0.6 is 11.8 Å². The Hall–Kier alpha value is -2.34. The van der Waals surface area contributed by atoms with Crippen LogP contribution in [0.5, 0.6) is 0 Å². The summed E-state index contributed by atoms with van der Waals surface area (Å²) in [6.45, 7) is 3.11. The molecule has 11 nitrogen and oxygen atoms in total. The minimum Gasteiger partial charge on any atom is -0.480 e. The maximum atomic E-state index is 12.5. The molecule has 8 N–H and O–H groups in total. The number of hydrogen-bond acceptors (Lipinski definition) is 7. The van der Waals surface area contributed by atoms with Crippen molar-refractivity contribution in [1.29, 1.82) is 0 Å². The van der Waals surface area contributed by atoms with Gasteiger partial charge in [-0.1, -0.05) is 20.3 Å². The number of nitrogens with one attached hydrogen (secondary N) is 3. The molecule has 0 aromatic heterocycles. The number of carboxylic acids is 1. The summed E-state index contributed by atoms with van der Waals surface area (Å²) < 4.78 is 0. The predicted molar refractivity (Wildman–Crippen MR) is 109 cm³/mol. The highest BCUT2D eigenvalue weighted by atomic mass is 32.2. The van der Waals surface area contributed by atoms with Gasteiger partial charge in [-0.05, 0) is 24.3 Å². The molecule has 0 saturated heterocycles. The molecule has 4 unspecified atom stereocenters. The number of rotatable bonds is 14. The van der Waals surface area contributed by atoms with Gasteiger partial charge < -0.3 is 32.5 Å². The van der Waals surface area contributed by atoms with Crippen LogP contribution in [-0.4, -0.2) is 71.4 Å². The third-order valence-corrected chi connectivity index (χ3v) is 4.87. The van der Waals surface area contributed by atoms with Crippen LogP contribution in [0.25, 0.3) is 0 Å². The Morgan fingerprint density at radius 1 is 1.10 bits per heavy atom. The topological polar surface area (TPSA) is 194 Å². The minimum atomic E-state index is -1.50. The zero-order valence-electron chi connectivity index (χ0n) is 16.9. The second kappa shape index (κ2) is 13.8. The first kappa shape index (κ1) is 26.7. The van der Waals surface area contributed by atoms with E-state index in [1.807, 2.05) is 6.26 Å². The molecule has 166 valence electrons. The average molecular weight is 434 g/mol. The Kier molecular flexibility index (Phi) is 12.7. The van der Waals surface area contributed by atoms with E-state index in [4.69, 9.17) is 16.6 Å². The zero-order valence-corrected chi connectivity index (χ0v) is 17.7. The van der Waals surface area contributed by atoms with Crippen molar-refractivity contribution in [3.05, 3.63) is 0 Å². The van der Waals surface area contributed by atoms with Gasteiger partial charge in [0.05, 0.1) is 19.0 Å². The average Bonchev–Trinajstić information content (AvgIpc) is 2.66. The molecule has 0 heterocycles. The third kappa shape index (κ3) is 10.7. The molecule has 0 aromatic carbocycles. The lowest BCUT2D eigenvalue weighted by Crippen LogP contribution is -2.56. The maximum absolute atomic E-state index is 12.5. The number of carbonyl (C=O) groups is 5. The van der Waals surface area contributed by atoms with Crippen LogP contribution in [0.4, 0.5) is 0 Å². The Morgan fingerprint density at radius 2 is 1.72 bits per heavy atom. The van der Waals surface area contributed by atoms with Crippen molar-refractivity contribution < 1.29 is 29.1 Å². The van der Waals surface area contributed by atoms with Crippen molar-refractivity contribution >= 4 is 41.4 Å². The number of nitrogens with two attached hydrogens (primary N) is 2. The molecule has 4 atom stereocenters. The fourth-order valence-electron chi connectivity index (χ4n) is 2.26. The summed E-state index contributed by atoms with van der Waals surface area (Å²) in [5.74, 6) is -3.80. The monoisotopic (exact) mass is 433 g/mol. The summed E-state index contributed by atoms with van der Waals surface area (Å²) in [4.78, 5) is 58.7. The molecule has 0 spiro atoms. The first-order chi connectivity index (χ1) is 13.5. The molecule has 0 bridgehead atoms. The van der Waals surface area contributed by atoms with Crippen LogP contribution in [0, 0.1) is 5.92 Å². The second-order valence-corrected chi connectivity index (χ2v) is 7.59. The minimum absolute atomic E-state index is 0.332. The summed E-state index contributed by atoms with van der Waals surface area (Å²) in [6.07, 6.45) is 2.28. The summed E-state index contributed by atoms with van der Waals surface area (Å²) in [5.41, 5.74) is 10.7. The molecule has 12 heteroatoms. The van der Waals surface area contributed by atoms with Gasteiger partial charge in [0.2, 0.25) is 23.6 Å². The van der Waals surface area contributed by atoms with E-state index in [2.05, 4.69) is 16.0 Å². The molecule has 0 saturated carbocycles. The van der Waals surface area contributed by atoms with E-state index in [0.717, 1.165) is 0 Å². The van der Waals surface area contributed by atoms with E-state index in [9.17, 15) is 24.0 Å². The van der Waals surface area contributed by atoms with Crippen molar-refractivity contribution in [1.82, 2.24) is 16.0 Å².